The van der Waals surface area contributed by atoms with Crippen molar-refractivity contribution in [3.63, 3.8) is 0 Å². The van der Waals surface area contributed by atoms with Crippen molar-refractivity contribution in [1.82, 2.24) is 0 Å². The van der Waals surface area contributed by atoms with Gasteiger partial charge in [0, 0.05) is 11.8 Å². The second-order valence-electron chi connectivity index (χ2n) is 8.76. The monoisotopic (exact) mass is 402 g/mol. The zero-order valence-electron chi connectivity index (χ0n) is 16.8. The maximum Gasteiger partial charge on any atom is 0.238 e. The summed E-state index contributed by atoms with van der Waals surface area (Å²) in [6, 6.07) is 15.4. The van der Waals surface area contributed by atoms with Gasteiger partial charge in [0.15, 0.2) is 0 Å². The predicted molar refractivity (Wildman–Crippen MR) is 110 cm³/mol. The number of oxime groups is 1. The number of methoxy groups -OCH3 is 1. The summed E-state index contributed by atoms with van der Waals surface area (Å²) in [5.41, 5.74) is 3.77. The molecule has 2 aliphatic heterocycles. The van der Waals surface area contributed by atoms with Gasteiger partial charge in [0.25, 0.3) is 0 Å². The van der Waals surface area contributed by atoms with Gasteiger partial charge < -0.3 is 9.57 Å². The lowest BCUT2D eigenvalue weighted by atomic mass is 9.71. The van der Waals surface area contributed by atoms with E-state index in [1.54, 1.807) is 31.4 Å². The average molecular weight is 402 g/mol. The van der Waals surface area contributed by atoms with Crippen LogP contribution in [0.15, 0.2) is 53.7 Å². The maximum atomic E-state index is 13.4. The van der Waals surface area contributed by atoms with E-state index < -0.39 is 0 Å². The largest absolute Gasteiger partial charge is 0.497 e. The lowest BCUT2D eigenvalue weighted by Crippen LogP contribution is -2.41. The predicted octanol–water partition coefficient (Wildman–Crippen LogP) is 3.18. The van der Waals surface area contributed by atoms with Crippen LogP contribution in [0.5, 0.6) is 5.75 Å². The Balaban J connectivity index is 1.33. The Labute approximate surface area is 174 Å². The minimum atomic E-state index is -0.307. The van der Waals surface area contributed by atoms with Gasteiger partial charge in [0.05, 0.1) is 30.3 Å². The molecule has 6 atom stereocenters. The van der Waals surface area contributed by atoms with E-state index in [1.165, 1.54) is 10.5 Å². The molecule has 2 heterocycles. The molecular formula is C24H22N2O4. The quantitative estimate of drug-likeness (QED) is 0.740. The molecule has 2 aromatic carbocycles. The van der Waals surface area contributed by atoms with E-state index in [4.69, 9.17) is 9.57 Å². The summed E-state index contributed by atoms with van der Waals surface area (Å²) in [5, 5.41) is 4.40. The van der Waals surface area contributed by atoms with Crippen molar-refractivity contribution >= 4 is 23.2 Å². The van der Waals surface area contributed by atoms with Crippen LogP contribution >= 0.6 is 0 Å². The Morgan fingerprint density at radius 3 is 2.27 bits per heavy atom. The summed E-state index contributed by atoms with van der Waals surface area (Å²) >= 11 is 0. The number of imide groups is 1. The number of rotatable bonds is 3. The fourth-order valence-electron chi connectivity index (χ4n) is 6.07. The molecule has 0 N–H and O–H groups in total. The topological polar surface area (TPSA) is 68.2 Å². The average Bonchev–Trinajstić information content (AvgIpc) is 3.49. The fraction of sp³-hybridized carbons (Fsp3) is 0.375. The fourth-order valence-corrected chi connectivity index (χ4v) is 6.07. The number of hydrogen-bond donors (Lipinski definition) is 0. The molecule has 4 aliphatic rings. The normalized spacial score (nSPS) is 33.4. The van der Waals surface area contributed by atoms with Gasteiger partial charge in [-0.2, -0.15) is 0 Å². The first kappa shape index (κ1) is 17.7. The summed E-state index contributed by atoms with van der Waals surface area (Å²) in [7, 11) is 1.59. The lowest BCUT2D eigenvalue weighted by Gasteiger charge is -2.29. The molecule has 152 valence electrons. The van der Waals surface area contributed by atoms with Gasteiger partial charge in [-0.3, -0.25) is 14.5 Å². The molecule has 30 heavy (non-hydrogen) atoms. The van der Waals surface area contributed by atoms with Crippen molar-refractivity contribution in [1.29, 1.82) is 0 Å². The Morgan fingerprint density at radius 1 is 0.933 bits per heavy atom. The SMILES string of the molecule is COc1ccc(N2C(=O)[C@@H]3[C@H]4C[C@@H]([C@H]5C(c6ccc(C)cc6)=NO[C@H]45)[C@H]3C2=O)cc1. The van der Waals surface area contributed by atoms with Crippen LogP contribution < -0.4 is 9.64 Å². The van der Waals surface area contributed by atoms with Crippen molar-refractivity contribution in [3.05, 3.63) is 59.7 Å². The van der Waals surface area contributed by atoms with E-state index in [1.807, 2.05) is 0 Å². The Kier molecular flexibility index (Phi) is 3.64. The molecule has 2 saturated carbocycles. The lowest BCUT2D eigenvalue weighted by molar-refractivity contribution is -0.125. The number of amides is 2. The first-order chi connectivity index (χ1) is 14.6. The van der Waals surface area contributed by atoms with E-state index in [9.17, 15) is 9.59 Å². The molecule has 0 radical (unpaired) electrons. The minimum absolute atomic E-state index is 0.0383. The summed E-state index contributed by atoms with van der Waals surface area (Å²) in [5.74, 6) is 0.113. The Morgan fingerprint density at radius 2 is 1.60 bits per heavy atom. The smallest absolute Gasteiger partial charge is 0.238 e. The summed E-state index contributed by atoms with van der Waals surface area (Å²) < 4.78 is 5.20. The number of benzene rings is 2. The van der Waals surface area contributed by atoms with Crippen LogP contribution in [-0.2, 0) is 14.4 Å². The summed E-state index contributed by atoms with van der Waals surface area (Å²) in [6.45, 7) is 2.05. The van der Waals surface area contributed by atoms with Gasteiger partial charge >= 0.3 is 0 Å². The maximum absolute atomic E-state index is 13.4. The van der Waals surface area contributed by atoms with E-state index >= 15 is 0 Å². The number of fused-ring (bicyclic) bond motifs is 8. The molecule has 1 saturated heterocycles. The number of nitrogens with zero attached hydrogens (tertiary/aromatic N) is 2. The highest BCUT2D eigenvalue weighted by Crippen LogP contribution is 2.62. The number of carbonyl (C=O) groups is 2. The molecule has 6 rings (SSSR count). The van der Waals surface area contributed by atoms with E-state index in [0.717, 1.165) is 17.7 Å². The van der Waals surface area contributed by atoms with Gasteiger partial charge in [0.2, 0.25) is 11.8 Å². The first-order valence-electron chi connectivity index (χ1n) is 10.4. The highest BCUT2D eigenvalue weighted by atomic mass is 16.6. The minimum Gasteiger partial charge on any atom is -0.497 e. The first-order valence-corrected chi connectivity index (χ1v) is 10.4. The molecule has 0 aromatic heterocycles. The van der Waals surface area contributed by atoms with Crippen LogP contribution in [0.25, 0.3) is 0 Å². The molecule has 2 aromatic rings. The molecule has 0 unspecified atom stereocenters. The number of anilines is 1. The van der Waals surface area contributed by atoms with Crippen molar-refractivity contribution < 1.29 is 19.2 Å². The second-order valence-corrected chi connectivity index (χ2v) is 8.76. The third-order valence-electron chi connectivity index (χ3n) is 7.37. The van der Waals surface area contributed by atoms with Gasteiger partial charge in [-0.05, 0) is 49.1 Å². The zero-order chi connectivity index (χ0) is 20.6. The number of aryl methyl sites for hydroxylation is 1. The van der Waals surface area contributed by atoms with Crippen molar-refractivity contribution in [2.24, 2.45) is 34.7 Å². The van der Waals surface area contributed by atoms with Crippen molar-refractivity contribution in [2.45, 2.75) is 19.4 Å². The van der Waals surface area contributed by atoms with E-state index in [2.05, 4.69) is 36.3 Å². The van der Waals surface area contributed by atoms with Gasteiger partial charge in [-0.25, -0.2) is 0 Å². The molecule has 6 nitrogen and oxygen atoms in total. The Hall–Kier alpha value is -3.15. The standard InChI is InChI=1S/C24H22N2O4/c1-12-3-5-13(6-4-12)21-20-16-11-17(22(20)30-25-21)19-18(16)23(27)26(24(19)28)14-7-9-15(29-2)10-8-14/h3-10,16-20,22H,11H2,1-2H3/t16-,17-,18-,19-,20+,22-/m1/s1. The Bertz CT molecular complexity index is 1080. The third-order valence-corrected chi connectivity index (χ3v) is 7.37. The van der Waals surface area contributed by atoms with Gasteiger partial charge in [-0.15, -0.1) is 0 Å². The summed E-state index contributed by atoms with van der Waals surface area (Å²) in [4.78, 5) is 33.9. The number of carbonyl (C=O) groups excluding carboxylic acids is 2. The molecule has 6 heteroatoms. The van der Waals surface area contributed by atoms with E-state index in [-0.39, 0.29) is 47.5 Å². The van der Waals surface area contributed by atoms with Crippen LogP contribution in [0, 0.1) is 36.5 Å². The second kappa shape index (κ2) is 6.17. The highest BCUT2D eigenvalue weighted by Gasteiger charge is 2.70. The number of hydrogen-bond acceptors (Lipinski definition) is 5. The molecule has 2 bridgehead atoms. The van der Waals surface area contributed by atoms with E-state index in [0.29, 0.717) is 11.4 Å². The van der Waals surface area contributed by atoms with Crippen LogP contribution in [0.3, 0.4) is 0 Å². The van der Waals surface area contributed by atoms with Crippen LogP contribution in [0.4, 0.5) is 5.69 Å². The third kappa shape index (κ3) is 2.22. The van der Waals surface area contributed by atoms with Crippen LogP contribution in [0.2, 0.25) is 0 Å². The zero-order valence-corrected chi connectivity index (χ0v) is 16.8. The van der Waals surface area contributed by atoms with Gasteiger partial charge in [0.1, 0.15) is 11.9 Å². The molecule has 2 amide bonds. The molecular weight excluding hydrogens is 380 g/mol. The van der Waals surface area contributed by atoms with Crippen molar-refractivity contribution in [2.75, 3.05) is 12.0 Å². The molecule has 0 spiro atoms. The van der Waals surface area contributed by atoms with Crippen LogP contribution in [0.1, 0.15) is 17.5 Å². The number of ether oxygens (including phenoxy) is 1. The van der Waals surface area contributed by atoms with Crippen molar-refractivity contribution in [3.8, 4) is 5.75 Å². The molecule has 3 fully saturated rings. The van der Waals surface area contributed by atoms with Crippen LogP contribution in [-0.4, -0.2) is 30.7 Å². The summed E-state index contributed by atoms with van der Waals surface area (Å²) in [6.07, 6.45) is 0.740. The molecule has 2 aliphatic carbocycles. The highest BCUT2D eigenvalue weighted by molar-refractivity contribution is 6.23. The van der Waals surface area contributed by atoms with Gasteiger partial charge in [-0.1, -0.05) is 35.0 Å².